The molecule has 2 N–H and O–H groups in total. The maximum atomic E-state index is 11.6. The molecule has 0 saturated carbocycles. The molecular formula is C12H12N2O2S. The van der Waals surface area contributed by atoms with Crippen molar-refractivity contribution in [3.05, 3.63) is 42.7 Å². The molecule has 1 aromatic heterocycles. The number of hydrogen-bond acceptors (Lipinski definition) is 3. The first kappa shape index (κ1) is 11.6. The van der Waals surface area contributed by atoms with Crippen molar-refractivity contribution in [2.45, 2.75) is 4.90 Å². The molecule has 17 heavy (non-hydrogen) atoms. The van der Waals surface area contributed by atoms with Gasteiger partial charge in [0.05, 0.1) is 6.26 Å². The van der Waals surface area contributed by atoms with E-state index in [1.54, 1.807) is 23.9 Å². The molecule has 2 aromatic rings. The van der Waals surface area contributed by atoms with E-state index in [1.807, 2.05) is 30.5 Å². The second kappa shape index (κ2) is 5.45. The first-order chi connectivity index (χ1) is 8.28. The predicted octanol–water partition coefficient (Wildman–Crippen LogP) is 3.65. The van der Waals surface area contributed by atoms with Gasteiger partial charge < -0.3 is 9.73 Å². The zero-order valence-corrected chi connectivity index (χ0v) is 10.1. The lowest BCUT2D eigenvalue weighted by Gasteiger charge is -2.06. The van der Waals surface area contributed by atoms with E-state index < -0.39 is 0 Å². The second-order valence-electron chi connectivity index (χ2n) is 3.29. The summed E-state index contributed by atoms with van der Waals surface area (Å²) < 4.78 is 5.01. The summed E-state index contributed by atoms with van der Waals surface area (Å²) in [5, 5.41) is 5.32. The molecule has 4 nitrogen and oxygen atoms in total. The Morgan fingerprint density at radius 3 is 2.82 bits per heavy atom. The van der Waals surface area contributed by atoms with Crippen molar-refractivity contribution in [3.63, 3.8) is 0 Å². The Morgan fingerprint density at radius 1 is 1.24 bits per heavy atom. The molecule has 1 aromatic carbocycles. The van der Waals surface area contributed by atoms with Gasteiger partial charge in [0.25, 0.3) is 0 Å². The average molecular weight is 248 g/mol. The molecule has 0 atom stereocenters. The summed E-state index contributed by atoms with van der Waals surface area (Å²) in [4.78, 5) is 12.7. The number of anilines is 2. The third-order valence-corrected chi connectivity index (χ3v) is 2.81. The minimum Gasteiger partial charge on any atom is -0.449 e. The molecular weight excluding hydrogens is 236 g/mol. The van der Waals surface area contributed by atoms with Crippen LogP contribution in [-0.4, -0.2) is 12.3 Å². The molecule has 2 rings (SSSR count). The zero-order chi connectivity index (χ0) is 12.1. The number of carbonyl (C=O) groups is 1. The van der Waals surface area contributed by atoms with Gasteiger partial charge in [-0.05, 0) is 30.5 Å². The highest BCUT2D eigenvalue weighted by Crippen LogP contribution is 2.19. The summed E-state index contributed by atoms with van der Waals surface area (Å²) in [6, 6.07) is 10.7. The van der Waals surface area contributed by atoms with Crippen LogP contribution in [0.15, 0.2) is 52.0 Å². The zero-order valence-electron chi connectivity index (χ0n) is 9.27. The Balaban J connectivity index is 1.98. The monoisotopic (exact) mass is 248 g/mol. The Bertz CT molecular complexity index is 497. The van der Waals surface area contributed by atoms with Gasteiger partial charge in [-0.25, -0.2) is 4.79 Å². The van der Waals surface area contributed by atoms with Crippen LogP contribution in [0.5, 0.6) is 0 Å². The number of amides is 2. The van der Waals surface area contributed by atoms with Gasteiger partial charge in [0.15, 0.2) is 0 Å². The molecule has 0 aliphatic rings. The molecule has 88 valence electrons. The topological polar surface area (TPSA) is 54.3 Å². The van der Waals surface area contributed by atoms with Gasteiger partial charge in [-0.2, -0.15) is 0 Å². The van der Waals surface area contributed by atoms with E-state index in [0.29, 0.717) is 5.88 Å². The molecule has 0 unspecified atom stereocenters. The molecule has 0 bridgehead atoms. The Morgan fingerprint density at radius 2 is 2.12 bits per heavy atom. The first-order valence-corrected chi connectivity index (χ1v) is 6.26. The van der Waals surface area contributed by atoms with E-state index >= 15 is 0 Å². The minimum absolute atomic E-state index is 0.321. The molecule has 2 amide bonds. The molecule has 0 spiro atoms. The summed E-state index contributed by atoms with van der Waals surface area (Å²) in [6.07, 6.45) is 3.49. The van der Waals surface area contributed by atoms with E-state index in [-0.39, 0.29) is 6.03 Å². The predicted molar refractivity (Wildman–Crippen MR) is 69.6 cm³/mol. The molecule has 0 fully saturated rings. The van der Waals surface area contributed by atoms with Crippen molar-refractivity contribution >= 4 is 29.4 Å². The highest BCUT2D eigenvalue weighted by molar-refractivity contribution is 7.98. The lowest BCUT2D eigenvalue weighted by Crippen LogP contribution is -2.18. The number of thioether (sulfide) groups is 1. The summed E-state index contributed by atoms with van der Waals surface area (Å²) in [7, 11) is 0. The molecule has 0 aliphatic heterocycles. The molecule has 0 saturated heterocycles. The van der Waals surface area contributed by atoms with E-state index in [1.165, 1.54) is 6.26 Å². The van der Waals surface area contributed by atoms with Gasteiger partial charge in [0.1, 0.15) is 0 Å². The van der Waals surface area contributed by atoms with Gasteiger partial charge in [0.2, 0.25) is 5.88 Å². The van der Waals surface area contributed by atoms with Crippen LogP contribution in [0, 0.1) is 0 Å². The fourth-order valence-corrected chi connectivity index (χ4v) is 1.78. The first-order valence-electron chi connectivity index (χ1n) is 5.03. The largest absolute Gasteiger partial charge is 0.449 e. The van der Waals surface area contributed by atoms with Crippen LogP contribution >= 0.6 is 11.8 Å². The van der Waals surface area contributed by atoms with Gasteiger partial charge in [-0.3, -0.25) is 5.32 Å². The van der Waals surface area contributed by atoms with Crippen molar-refractivity contribution in [2.24, 2.45) is 0 Å². The molecule has 1 heterocycles. The molecule has 0 radical (unpaired) electrons. The fourth-order valence-electron chi connectivity index (χ4n) is 1.32. The number of carbonyl (C=O) groups excluding carboxylic acids is 1. The number of urea groups is 1. The molecule has 5 heteroatoms. The second-order valence-corrected chi connectivity index (χ2v) is 4.17. The van der Waals surface area contributed by atoms with Crippen molar-refractivity contribution in [1.29, 1.82) is 0 Å². The van der Waals surface area contributed by atoms with E-state index in [4.69, 9.17) is 4.42 Å². The maximum Gasteiger partial charge on any atom is 0.326 e. The fraction of sp³-hybridized carbons (Fsp3) is 0.0833. The highest BCUT2D eigenvalue weighted by Gasteiger charge is 2.04. The van der Waals surface area contributed by atoms with Crippen molar-refractivity contribution < 1.29 is 9.21 Å². The summed E-state index contributed by atoms with van der Waals surface area (Å²) in [6.45, 7) is 0. The number of nitrogens with one attached hydrogen (secondary N) is 2. The molecule has 0 aliphatic carbocycles. The van der Waals surface area contributed by atoms with Crippen LogP contribution in [-0.2, 0) is 0 Å². The Hall–Kier alpha value is -1.88. The van der Waals surface area contributed by atoms with E-state index in [2.05, 4.69) is 10.6 Å². The summed E-state index contributed by atoms with van der Waals surface area (Å²) >= 11 is 1.63. The maximum absolute atomic E-state index is 11.6. The average Bonchev–Trinajstić information content (AvgIpc) is 2.82. The Kier molecular flexibility index (Phi) is 3.72. The van der Waals surface area contributed by atoms with Crippen molar-refractivity contribution in [3.8, 4) is 0 Å². The van der Waals surface area contributed by atoms with Crippen molar-refractivity contribution in [1.82, 2.24) is 0 Å². The number of furan rings is 1. The number of hydrogen-bond donors (Lipinski definition) is 2. The van der Waals surface area contributed by atoms with Crippen LogP contribution < -0.4 is 10.6 Å². The highest BCUT2D eigenvalue weighted by atomic mass is 32.2. The van der Waals surface area contributed by atoms with Crippen LogP contribution in [0.25, 0.3) is 0 Å². The smallest absolute Gasteiger partial charge is 0.326 e. The number of rotatable bonds is 3. The minimum atomic E-state index is -0.321. The third-order valence-electron chi connectivity index (χ3n) is 2.09. The van der Waals surface area contributed by atoms with Gasteiger partial charge >= 0.3 is 6.03 Å². The summed E-state index contributed by atoms with van der Waals surface area (Å²) in [5.74, 6) is 0.420. The normalized spacial score (nSPS) is 9.94. The SMILES string of the molecule is CSc1cccc(NC(=O)Nc2ccco2)c1. The lowest BCUT2D eigenvalue weighted by atomic mass is 10.3. The van der Waals surface area contributed by atoms with Gasteiger partial charge in [0, 0.05) is 16.6 Å². The third kappa shape index (κ3) is 3.29. The van der Waals surface area contributed by atoms with Crippen LogP contribution in [0.3, 0.4) is 0 Å². The van der Waals surface area contributed by atoms with Gasteiger partial charge in [-0.15, -0.1) is 11.8 Å². The van der Waals surface area contributed by atoms with E-state index in [0.717, 1.165) is 10.6 Å². The lowest BCUT2D eigenvalue weighted by molar-refractivity contribution is 0.261. The standard InChI is InChI=1S/C12H12N2O2S/c1-17-10-5-2-4-9(8-10)13-12(15)14-11-6-3-7-16-11/h2-8H,1H3,(H2,13,14,15). The Labute approximate surface area is 103 Å². The van der Waals surface area contributed by atoms with Crippen LogP contribution in [0.1, 0.15) is 0 Å². The summed E-state index contributed by atoms with van der Waals surface area (Å²) in [5.41, 5.74) is 0.751. The van der Waals surface area contributed by atoms with Crippen molar-refractivity contribution in [2.75, 3.05) is 16.9 Å². The van der Waals surface area contributed by atoms with Crippen LogP contribution in [0.4, 0.5) is 16.4 Å². The van der Waals surface area contributed by atoms with Crippen LogP contribution in [0.2, 0.25) is 0 Å². The van der Waals surface area contributed by atoms with Gasteiger partial charge in [-0.1, -0.05) is 6.07 Å². The quantitative estimate of drug-likeness (QED) is 0.815. The number of benzene rings is 1. The van der Waals surface area contributed by atoms with E-state index in [9.17, 15) is 4.79 Å².